The van der Waals surface area contributed by atoms with Crippen LogP contribution in [0.25, 0.3) is 0 Å². The van der Waals surface area contributed by atoms with Crippen molar-refractivity contribution in [2.24, 2.45) is 17.8 Å². The summed E-state index contributed by atoms with van der Waals surface area (Å²) in [6.07, 6.45) is 6.71. The van der Waals surface area contributed by atoms with Crippen molar-refractivity contribution in [3.05, 3.63) is 28.8 Å². The average molecular weight is 407 g/mol. The third-order valence-corrected chi connectivity index (χ3v) is 6.42. The molecule has 4 aliphatic rings. The van der Waals surface area contributed by atoms with Crippen molar-refractivity contribution >= 4 is 29.5 Å². The predicted octanol–water partition coefficient (Wildman–Crippen LogP) is 3.00. The van der Waals surface area contributed by atoms with Gasteiger partial charge in [0.2, 0.25) is 0 Å². The number of urea groups is 1. The minimum absolute atomic E-state index is 0.102. The van der Waals surface area contributed by atoms with Crippen LogP contribution in [0.5, 0.6) is 5.75 Å². The van der Waals surface area contributed by atoms with Crippen LogP contribution in [0.3, 0.4) is 0 Å². The Bertz CT molecular complexity index is 790. The number of carbonyl (C=O) groups is 3. The third kappa shape index (κ3) is 3.94. The first kappa shape index (κ1) is 19.1. The summed E-state index contributed by atoms with van der Waals surface area (Å²) in [7, 11) is 0. The lowest BCUT2D eigenvalue weighted by molar-refractivity contribution is -0.123. The lowest BCUT2D eigenvalue weighted by Crippen LogP contribution is -2.62. The van der Waals surface area contributed by atoms with E-state index in [0.29, 0.717) is 17.8 Å². The topological polar surface area (TPSA) is 105 Å². The summed E-state index contributed by atoms with van der Waals surface area (Å²) in [5, 5.41) is 15.2. The zero-order chi connectivity index (χ0) is 19.9. The van der Waals surface area contributed by atoms with Gasteiger partial charge in [0, 0.05) is 10.6 Å². The number of aromatic hydroxyl groups is 1. The Hall–Kier alpha value is -2.28. The van der Waals surface area contributed by atoms with E-state index in [-0.39, 0.29) is 21.9 Å². The number of phenolic OH excluding ortho intramolecular Hbond substituents is 1. The van der Waals surface area contributed by atoms with Crippen molar-refractivity contribution in [2.75, 3.05) is 6.61 Å². The molecule has 4 bridgehead atoms. The van der Waals surface area contributed by atoms with E-state index in [1.165, 1.54) is 37.5 Å². The summed E-state index contributed by atoms with van der Waals surface area (Å²) < 4.78 is 4.87. The molecule has 8 heteroatoms. The molecule has 3 amide bonds. The Balaban J connectivity index is 1.27. The van der Waals surface area contributed by atoms with Gasteiger partial charge >= 0.3 is 12.0 Å². The lowest BCUT2D eigenvalue weighted by atomic mass is 9.53. The Labute approximate surface area is 167 Å². The molecule has 1 aromatic carbocycles. The van der Waals surface area contributed by atoms with E-state index in [9.17, 15) is 19.5 Å². The van der Waals surface area contributed by atoms with Crippen molar-refractivity contribution in [3.8, 4) is 5.75 Å². The average Bonchev–Trinajstić information content (AvgIpc) is 2.57. The molecule has 4 saturated carbocycles. The van der Waals surface area contributed by atoms with Crippen LogP contribution in [0.4, 0.5) is 4.79 Å². The monoisotopic (exact) mass is 406 g/mol. The summed E-state index contributed by atoms with van der Waals surface area (Å²) in [5.74, 6) is 0.105. The maximum Gasteiger partial charge on any atom is 0.342 e. The maximum atomic E-state index is 12.3. The highest BCUT2D eigenvalue weighted by molar-refractivity contribution is 6.30. The number of halogens is 1. The second-order valence-corrected chi connectivity index (χ2v) is 8.87. The molecule has 150 valence electrons. The quantitative estimate of drug-likeness (QED) is 0.667. The number of rotatable bonds is 4. The van der Waals surface area contributed by atoms with Gasteiger partial charge in [-0.1, -0.05) is 11.6 Å². The molecule has 0 saturated heterocycles. The molecule has 28 heavy (non-hydrogen) atoms. The number of benzene rings is 1. The number of carbonyl (C=O) groups excluding carboxylic acids is 3. The Morgan fingerprint density at radius 2 is 1.71 bits per heavy atom. The fraction of sp³-hybridized carbons (Fsp3) is 0.550. The van der Waals surface area contributed by atoms with Gasteiger partial charge < -0.3 is 15.2 Å². The molecule has 0 radical (unpaired) electrons. The first-order valence-electron chi connectivity index (χ1n) is 9.59. The van der Waals surface area contributed by atoms with Gasteiger partial charge in [-0.05, 0) is 74.5 Å². The smallest absolute Gasteiger partial charge is 0.342 e. The van der Waals surface area contributed by atoms with Crippen LogP contribution >= 0.6 is 11.6 Å². The lowest BCUT2D eigenvalue weighted by Gasteiger charge is -2.56. The first-order chi connectivity index (χ1) is 13.3. The molecule has 5 rings (SSSR count). The molecule has 0 heterocycles. The highest BCUT2D eigenvalue weighted by atomic mass is 35.5. The van der Waals surface area contributed by atoms with E-state index in [1.54, 1.807) is 0 Å². The van der Waals surface area contributed by atoms with E-state index in [4.69, 9.17) is 16.3 Å². The van der Waals surface area contributed by atoms with Crippen LogP contribution in [0.2, 0.25) is 5.02 Å². The molecule has 7 nitrogen and oxygen atoms in total. The first-order valence-corrected chi connectivity index (χ1v) is 9.97. The number of imide groups is 1. The molecule has 0 unspecified atom stereocenters. The molecule has 4 aliphatic carbocycles. The van der Waals surface area contributed by atoms with Gasteiger partial charge in [0.25, 0.3) is 5.91 Å². The molecule has 1 aromatic rings. The van der Waals surface area contributed by atoms with Crippen LogP contribution in [0, 0.1) is 17.8 Å². The van der Waals surface area contributed by atoms with Crippen molar-refractivity contribution < 1.29 is 24.2 Å². The zero-order valence-corrected chi connectivity index (χ0v) is 16.1. The van der Waals surface area contributed by atoms with Crippen molar-refractivity contribution in [3.63, 3.8) is 0 Å². The van der Waals surface area contributed by atoms with Crippen LogP contribution in [0.1, 0.15) is 48.9 Å². The highest BCUT2D eigenvalue weighted by Crippen LogP contribution is 2.55. The maximum absolute atomic E-state index is 12.3. The van der Waals surface area contributed by atoms with Crippen molar-refractivity contribution in [2.45, 2.75) is 44.1 Å². The van der Waals surface area contributed by atoms with Gasteiger partial charge in [0.05, 0.1) is 0 Å². The Morgan fingerprint density at radius 1 is 1.11 bits per heavy atom. The van der Waals surface area contributed by atoms with Gasteiger partial charge in [-0.2, -0.15) is 0 Å². The number of esters is 1. The van der Waals surface area contributed by atoms with E-state index in [0.717, 1.165) is 19.3 Å². The molecule has 0 spiro atoms. The zero-order valence-electron chi connectivity index (χ0n) is 15.4. The molecule has 0 aromatic heterocycles. The molecule has 4 fully saturated rings. The van der Waals surface area contributed by atoms with Gasteiger partial charge in [0.1, 0.15) is 11.3 Å². The van der Waals surface area contributed by atoms with E-state index in [1.807, 2.05) is 0 Å². The SMILES string of the molecule is O=C(COC(=O)c1ccc(Cl)cc1O)NC(=O)NC12CC3CC(CC(C3)C1)C2. The molecular weight excluding hydrogens is 384 g/mol. The highest BCUT2D eigenvalue weighted by Gasteiger charge is 2.51. The number of amides is 3. The normalized spacial score (nSPS) is 30.0. The Morgan fingerprint density at radius 3 is 2.29 bits per heavy atom. The second kappa shape index (κ2) is 7.28. The largest absolute Gasteiger partial charge is 0.507 e. The molecular formula is C20H23ClN2O5. The van der Waals surface area contributed by atoms with Crippen LogP contribution < -0.4 is 10.6 Å². The van der Waals surface area contributed by atoms with Crippen LogP contribution in [0.15, 0.2) is 18.2 Å². The van der Waals surface area contributed by atoms with E-state index < -0.39 is 24.5 Å². The van der Waals surface area contributed by atoms with Gasteiger partial charge in [-0.15, -0.1) is 0 Å². The summed E-state index contributed by atoms with van der Waals surface area (Å²) in [5.41, 5.74) is -0.305. The van der Waals surface area contributed by atoms with Crippen LogP contribution in [-0.4, -0.2) is 35.2 Å². The second-order valence-electron chi connectivity index (χ2n) is 8.44. The summed E-state index contributed by atoms with van der Waals surface area (Å²) in [4.78, 5) is 36.2. The summed E-state index contributed by atoms with van der Waals surface area (Å²) >= 11 is 5.71. The summed E-state index contributed by atoms with van der Waals surface area (Å²) in [6.45, 7) is -0.616. The van der Waals surface area contributed by atoms with Gasteiger partial charge in [-0.3, -0.25) is 10.1 Å². The number of phenols is 1. The molecule has 0 aliphatic heterocycles. The summed E-state index contributed by atoms with van der Waals surface area (Å²) in [6, 6.07) is 3.39. The fourth-order valence-corrected chi connectivity index (χ4v) is 5.75. The number of hydrogen-bond acceptors (Lipinski definition) is 5. The molecule has 0 atom stereocenters. The minimum Gasteiger partial charge on any atom is -0.507 e. The minimum atomic E-state index is -0.870. The molecule has 3 N–H and O–H groups in total. The number of ether oxygens (including phenoxy) is 1. The fourth-order valence-electron chi connectivity index (χ4n) is 5.58. The number of hydrogen-bond donors (Lipinski definition) is 3. The predicted molar refractivity (Wildman–Crippen MR) is 101 cm³/mol. The standard InChI is InChI=1S/C20H23ClN2O5/c21-14-1-2-15(16(24)6-14)18(26)28-10-17(25)22-19(27)23-20-7-11-3-12(8-20)5-13(4-11)9-20/h1-2,6,11-13,24H,3-5,7-10H2,(H2,22,23,25,27). The van der Waals surface area contributed by atoms with E-state index in [2.05, 4.69) is 10.6 Å². The van der Waals surface area contributed by atoms with Crippen molar-refractivity contribution in [1.29, 1.82) is 0 Å². The Kier molecular flexibility index (Phi) is 4.95. The van der Waals surface area contributed by atoms with Crippen LogP contribution in [-0.2, 0) is 9.53 Å². The number of nitrogens with one attached hydrogen (secondary N) is 2. The third-order valence-electron chi connectivity index (χ3n) is 6.18. The van der Waals surface area contributed by atoms with E-state index >= 15 is 0 Å². The van der Waals surface area contributed by atoms with Gasteiger partial charge in [-0.25, -0.2) is 9.59 Å². The van der Waals surface area contributed by atoms with Gasteiger partial charge in [0.15, 0.2) is 6.61 Å². The van der Waals surface area contributed by atoms with Crippen molar-refractivity contribution in [1.82, 2.24) is 10.6 Å².